The molecule has 1 unspecified atom stereocenters. The number of nitrogens with one attached hydrogen (secondary N) is 1. The number of esters is 1. The van der Waals surface area contributed by atoms with Crippen molar-refractivity contribution >= 4 is 17.3 Å². The standard InChI is InChI=1S/C14H21NO3S/c1-2-18-13(16)14(6-4-8-17-9-7-14)15-11-12-5-3-10-19-12/h3,5,10,15H,2,4,6-9,11H2,1H3. The second-order valence-corrected chi connectivity index (χ2v) is 5.73. The number of carbonyl (C=O) groups is 1. The minimum absolute atomic E-state index is 0.142. The van der Waals surface area contributed by atoms with Crippen LogP contribution in [-0.2, 0) is 20.8 Å². The molecule has 2 rings (SSSR count). The van der Waals surface area contributed by atoms with Crippen molar-refractivity contribution in [2.45, 2.75) is 38.3 Å². The van der Waals surface area contributed by atoms with E-state index < -0.39 is 5.54 Å². The molecule has 1 aromatic heterocycles. The molecule has 0 spiro atoms. The minimum atomic E-state index is -0.587. The highest BCUT2D eigenvalue weighted by molar-refractivity contribution is 7.09. The van der Waals surface area contributed by atoms with E-state index in [1.54, 1.807) is 11.3 Å². The number of carbonyl (C=O) groups excluding carboxylic acids is 1. The summed E-state index contributed by atoms with van der Waals surface area (Å²) in [6, 6.07) is 4.10. The molecule has 0 aromatic carbocycles. The third kappa shape index (κ3) is 3.78. The van der Waals surface area contributed by atoms with Crippen molar-refractivity contribution in [1.29, 1.82) is 0 Å². The summed E-state index contributed by atoms with van der Waals surface area (Å²) < 4.78 is 10.7. The Kier molecular flexibility index (Phi) is 5.36. The highest BCUT2D eigenvalue weighted by atomic mass is 32.1. The van der Waals surface area contributed by atoms with Crippen molar-refractivity contribution in [1.82, 2.24) is 5.32 Å². The molecule has 106 valence electrons. The molecule has 2 heterocycles. The molecule has 4 nitrogen and oxygen atoms in total. The maximum Gasteiger partial charge on any atom is 0.326 e. The zero-order valence-corrected chi connectivity index (χ0v) is 12.1. The van der Waals surface area contributed by atoms with E-state index in [1.807, 2.05) is 18.4 Å². The monoisotopic (exact) mass is 283 g/mol. The second-order valence-electron chi connectivity index (χ2n) is 4.70. The first-order valence-corrected chi connectivity index (χ1v) is 7.67. The van der Waals surface area contributed by atoms with E-state index in [0.29, 0.717) is 26.2 Å². The number of hydrogen-bond acceptors (Lipinski definition) is 5. The summed E-state index contributed by atoms with van der Waals surface area (Å²) in [5.74, 6) is -0.142. The van der Waals surface area contributed by atoms with Crippen molar-refractivity contribution in [3.8, 4) is 0 Å². The third-order valence-corrected chi connectivity index (χ3v) is 4.29. The Bertz CT molecular complexity index is 383. The van der Waals surface area contributed by atoms with Crippen LogP contribution in [0.4, 0.5) is 0 Å². The van der Waals surface area contributed by atoms with E-state index in [0.717, 1.165) is 19.4 Å². The third-order valence-electron chi connectivity index (χ3n) is 3.41. The van der Waals surface area contributed by atoms with E-state index in [9.17, 15) is 4.79 Å². The van der Waals surface area contributed by atoms with E-state index in [2.05, 4.69) is 11.4 Å². The van der Waals surface area contributed by atoms with Crippen LogP contribution < -0.4 is 5.32 Å². The average molecular weight is 283 g/mol. The predicted molar refractivity (Wildman–Crippen MR) is 75.2 cm³/mol. The molecular formula is C14H21NO3S. The van der Waals surface area contributed by atoms with E-state index in [-0.39, 0.29) is 5.97 Å². The average Bonchev–Trinajstić information content (AvgIpc) is 2.81. The predicted octanol–water partition coefficient (Wildman–Crippen LogP) is 2.34. The molecule has 1 aliphatic rings. The first-order chi connectivity index (χ1) is 9.27. The van der Waals surface area contributed by atoms with Crippen LogP contribution >= 0.6 is 11.3 Å². The van der Waals surface area contributed by atoms with Crippen LogP contribution in [-0.4, -0.2) is 31.3 Å². The van der Waals surface area contributed by atoms with Gasteiger partial charge in [-0.15, -0.1) is 11.3 Å². The van der Waals surface area contributed by atoms with Gasteiger partial charge in [-0.2, -0.15) is 0 Å². The second kappa shape index (κ2) is 7.03. The maximum atomic E-state index is 12.3. The lowest BCUT2D eigenvalue weighted by Crippen LogP contribution is -2.52. The van der Waals surface area contributed by atoms with Gasteiger partial charge in [0.25, 0.3) is 0 Å². The molecule has 0 bridgehead atoms. The van der Waals surface area contributed by atoms with Crippen LogP contribution in [0.5, 0.6) is 0 Å². The molecule has 19 heavy (non-hydrogen) atoms. The quantitative estimate of drug-likeness (QED) is 0.843. The topological polar surface area (TPSA) is 47.6 Å². The summed E-state index contributed by atoms with van der Waals surface area (Å²) in [7, 11) is 0. The highest BCUT2D eigenvalue weighted by Gasteiger charge is 2.39. The highest BCUT2D eigenvalue weighted by Crippen LogP contribution is 2.24. The molecule has 1 N–H and O–H groups in total. The molecular weight excluding hydrogens is 262 g/mol. The van der Waals surface area contributed by atoms with Crippen LogP contribution in [0.2, 0.25) is 0 Å². The Morgan fingerprint density at radius 1 is 1.53 bits per heavy atom. The lowest BCUT2D eigenvalue weighted by atomic mass is 9.90. The molecule has 1 aliphatic heterocycles. The molecule has 0 aliphatic carbocycles. The van der Waals surface area contributed by atoms with Gasteiger partial charge in [0.05, 0.1) is 6.61 Å². The first kappa shape index (κ1) is 14.5. The first-order valence-electron chi connectivity index (χ1n) is 6.79. The van der Waals surface area contributed by atoms with Gasteiger partial charge in [-0.05, 0) is 37.6 Å². The summed E-state index contributed by atoms with van der Waals surface area (Å²) in [6.45, 7) is 4.30. The fourth-order valence-electron chi connectivity index (χ4n) is 2.34. The maximum absolute atomic E-state index is 12.3. The molecule has 1 aromatic rings. The zero-order chi connectivity index (χ0) is 13.6. The van der Waals surface area contributed by atoms with Crippen molar-refractivity contribution in [2.24, 2.45) is 0 Å². The van der Waals surface area contributed by atoms with Crippen molar-refractivity contribution in [3.05, 3.63) is 22.4 Å². The lowest BCUT2D eigenvalue weighted by Gasteiger charge is -2.30. The van der Waals surface area contributed by atoms with Crippen LogP contribution in [0.3, 0.4) is 0 Å². The normalized spacial score (nSPS) is 23.8. The van der Waals surface area contributed by atoms with Crippen molar-refractivity contribution in [3.63, 3.8) is 0 Å². The van der Waals surface area contributed by atoms with Gasteiger partial charge < -0.3 is 9.47 Å². The van der Waals surface area contributed by atoms with Crippen molar-refractivity contribution in [2.75, 3.05) is 19.8 Å². The zero-order valence-electron chi connectivity index (χ0n) is 11.3. The minimum Gasteiger partial charge on any atom is -0.465 e. The fraction of sp³-hybridized carbons (Fsp3) is 0.643. The van der Waals surface area contributed by atoms with Crippen LogP contribution in [0.25, 0.3) is 0 Å². The number of ether oxygens (including phenoxy) is 2. The van der Waals surface area contributed by atoms with Gasteiger partial charge >= 0.3 is 5.97 Å². The van der Waals surface area contributed by atoms with Gasteiger partial charge in [-0.25, -0.2) is 0 Å². The van der Waals surface area contributed by atoms with Gasteiger partial charge in [0, 0.05) is 24.6 Å². The van der Waals surface area contributed by atoms with Crippen LogP contribution in [0.15, 0.2) is 17.5 Å². The number of thiophene rings is 1. The molecule has 0 radical (unpaired) electrons. The Labute approximate surface area is 118 Å². The van der Waals surface area contributed by atoms with E-state index in [1.165, 1.54) is 4.88 Å². The Hall–Kier alpha value is -0.910. The Morgan fingerprint density at radius 3 is 3.16 bits per heavy atom. The molecule has 1 saturated heterocycles. The molecule has 1 atom stereocenters. The molecule has 0 saturated carbocycles. The van der Waals surface area contributed by atoms with Gasteiger partial charge in [0.2, 0.25) is 0 Å². The lowest BCUT2D eigenvalue weighted by molar-refractivity contribution is -0.152. The van der Waals surface area contributed by atoms with E-state index >= 15 is 0 Å². The molecule has 0 amide bonds. The summed E-state index contributed by atoms with van der Waals surface area (Å²) >= 11 is 1.69. The van der Waals surface area contributed by atoms with E-state index in [4.69, 9.17) is 9.47 Å². The number of rotatable bonds is 5. The summed E-state index contributed by atoms with van der Waals surface area (Å²) in [5.41, 5.74) is -0.587. The van der Waals surface area contributed by atoms with Gasteiger partial charge in [0.15, 0.2) is 0 Å². The van der Waals surface area contributed by atoms with Crippen LogP contribution in [0, 0.1) is 0 Å². The number of hydrogen-bond donors (Lipinski definition) is 1. The van der Waals surface area contributed by atoms with Gasteiger partial charge in [0.1, 0.15) is 5.54 Å². The smallest absolute Gasteiger partial charge is 0.326 e. The SMILES string of the molecule is CCOC(=O)C1(NCc2cccs2)CCCOCC1. The molecule has 1 fully saturated rings. The van der Waals surface area contributed by atoms with Crippen molar-refractivity contribution < 1.29 is 14.3 Å². The molecule has 5 heteroatoms. The fourth-order valence-corrected chi connectivity index (χ4v) is 2.99. The summed E-state index contributed by atoms with van der Waals surface area (Å²) in [4.78, 5) is 13.5. The van der Waals surface area contributed by atoms with Crippen LogP contribution in [0.1, 0.15) is 31.1 Å². The Morgan fingerprint density at radius 2 is 2.42 bits per heavy atom. The van der Waals surface area contributed by atoms with Gasteiger partial charge in [-0.3, -0.25) is 10.1 Å². The summed E-state index contributed by atoms with van der Waals surface area (Å²) in [6.07, 6.45) is 2.34. The largest absolute Gasteiger partial charge is 0.465 e. The Balaban J connectivity index is 2.05. The van der Waals surface area contributed by atoms with Gasteiger partial charge in [-0.1, -0.05) is 6.07 Å². The summed E-state index contributed by atoms with van der Waals surface area (Å²) in [5, 5.41) is 5.46.